The molecular weight excluding hydrogens is 677 g/mol. The van der Waals surface area contributed by atoms with Crippen molar-refractivity contribution in [3.8, 4) is 0 Å². The molecule has 0 aromatic rings. The number of carbonyl (C=O) groups is 2. The maximum Gasteiger partial charge on any atom is 0.472 e. The number of carbonyl (C=O) groups excluding carboxylic acids is 2. The minimum Gasteiger partial charge on any atom is -0.462 e. The Kier molecular flexibility index (Phi) is 36.7. The van der Waals surface area contributed by atoms with Crippen molar-refractivity contribution in [1.29, 1.82) is 0 Å². The van der Waals surface area contributed by atoms with Crippen molar-refractivity contribution < 1.29 is 37.6 Å². The highest BCUT2D eigenvalue weighted by molar-refractivity contribution is 7.47. The van der Waals surface area contributed by atoms with Crippen LogP contribution in [0.3, 0.4) is 0 Å². The molecule has 2 atom stereocenters. The number of hydrogen-bond donors (Lipinski definition) is 2. The summed E-state index contributed by atoms with van der Waals surface area (Å²) >= 11 is 0. The molecule has 52 heavy (non-hydrogen) atoms. The van der Waals surface area contributed by atoms with E-state index >= 15 is 0 Å². The van der Waals surface area contributed by atoms with E-state index in [1.54, 1.807) is 0 Å². The standard InChI is InChI=1S/C42H74NO8P/c1-3-5-7-9-11-13-15-17-19-20-21-23-24-26-28-30-32-34-41(44)48-38-40(39-50-52(46,47)49-37-36-43)51-42(45)35-33-31-29-27-25-22-18-16-14-12-10-8-6-4-2/h10-13,16-19,21,23,40H,3-9,14-15,20,22,24-39,43H2,1-2H3,(H,46,47)/b12-10-,13-11-,18-16-,19-17-,23-21-/t40-/m1/s1. The molecular formula is C42H74NO8P. The van der Waals surface area contributed by atoms with Crippen molar-refractivity contribution in [3.63, 3.8) is 0 Å². The van der Waals surface area contributed by atoms with Crippen LogP contribution in [0.15, 0.2) is 60.8 Å². The lowest BCUT2D eigenvalue weighted by Gasteiger charge is -2.19. The second-order valence-corrected chi connectivity index (χ2v) is 14.6. The van der Waals surface area contributed by atoms with Crippen LogP contribution in [-0.2, 0) is 32.7 Å². The number of esters is 2. The lowest BCUT2D eigenvalue weighted by atomic mass is 10.1. The molecule has 1 unspecified atom stereocenters. The Balaban J connectivity index is 4.27. The predicted molar refractivity (Wildman–Crippen MR) is 215 cm³/mol. The van der Waals surface area contributed by atoms with Gasteiger partial charge in [0.25, 0.3) is 0 Å². The normalized spacial score (nSPS) is 14.0. The van der Waals surface area contributed by atoms with Crippen LogP contribution in [0.1, 0.15) is 162 Å². The Labute approximate surface area is 317 Å². The molecule has 0 fully saturated rings. The first-order valence-electron chi connectivity index (χ1n) is 20.3. The Hall–Kier alpha value is -2.29. The van der Waals surface area contributed by atoms with Crippen molar-refractivity contribution >= 4 is 19.8 Å². The van der Waals surface area contributed by atoms with E-state index in [-0.39, 0.29) is 32.6 Å². The van der Waals surface area contributed by atoms with Gasteiger partial charge in [0.1, 0.15) is 6.61 Å². The summed E-state index contributed by atoms with van der Waals surface area (Å²) in [4.78, 5) is 34.8. The molecule has 0 aliphatic rings. The number of hydrogen-bond acceptors (Lipinski definition) is 8. The van der Waals surface area contributed by atoms with Gasteiger partial charge in [-0.2, -0.15) is 0 Å². The molecule has 300 valence electrons. The second kappa shape index (κ2) is 38.4. The van der Waals surface area contributed by atoms with Crippen LogP contribution in [0, 0.1) is 0 Å². The number of phosphoric acid groups is 1. The van der Waals surface area contributed by atoms with Gasteiger partial charge in [0.2, 0.25) is 0 Å². The van der Waals surface area contributed by atoms with Crippen molar-refractivity contribution in [2.75, 3.05) is 26.4 Å². The van der Waals surface area contributed by atoms with Crippen LogP contribution >= 0.6 is 7.82 Å². The molecule has 0 spiro atoms. The van der Waals surface area contributed by atoms with Crippen molar-refractivity contribution in [2.45, 2.75) is 168 Å². The largest absolute Gasteiger partial charge is 0.472 e. The quantitative estimate of drug-likeness (QED) is 0.0275. The maximum absolute atomic E-state index is 12.5. The summed E-state index contributed by atoms with van der Waals surface area (Å²) in [5.74, 6) is -0.876. The highest BCUT2D eigenvalue weighted by Gasteiger charge is 2.25. The summed E-state index contributed by atoms with van der Waals surface area (Å²) < 4.78 is 32.7. The van der Waals surface area contributed by atoms with Crippen molar-refractivity contribution in [1.82, 2.24) is 0 Å². The van der Waals surface area contributed by atoms with Crippen LogP contribution in [-0.4, -0.2) is 49.3 Å². The molecule has 0 aliphatic carbocycles. The average molecular weight is 752 g/mol. The van der Waals surface area contributed by atoms with E-state index in [9.17, 15) is 19.0 Å². The fourth-order valence-electron chi connectivity index (χ4n) is 5.07. The zero-order valence-corrected chi connectivity index (χ0v) is 33.7. The van der Waals surface area contributed by atoms with E-state index in [2.05, 4.69) is 74.6 Å². The highest BCUT2D eigenvalue weighted by atomic mass is 31.2. The zero-order chi connectivity index (χ0) is 38.2. The number of ether oxygens (including phenoxy) is 2. The van der Waals surface area contributed by atoms with Gasteiger partial charge in [-0.25, -0.2) is 4.57 Å². The lowest BCUT2D eigenvalue weighted by molar-refractivity contribution is -0.161. The molecule has 0 radical (unpaired) electrons. The Morgan fingerprint density at radius 2 is 1.02 bits per heavy atom. The smallest absolute Gasteiger partial charge is 0.462 e. The van der Waals surface area contributed by atoms with E-state index in [1.165, 1.54) is 38.5 Å². The first-order valence-corrected chi connectivity index (χ1v) is 21.8. The summed E-state index contributed by atoms with van der Waals surface area (Å²) in [6.07, 6.45) is 43.9. The SMILES string of the molecule is CCCC/C=C\C/C=C\CCCCCCCC(=O)O[C@H](COC(=O)CCCCCC/C=C\C/C=C\C/C=C\CCCCC)COP(=O)(O)OCCN. The van der Waals surface area contributed by atoms with Gasteiger partial charge in [0, 0.05) is 19.4 Å². The van der Waals surface area contributed by atoms with E-state index in [1.807, 2.05) is 0 Å². The van der Waals surface area contributed by atoms with E-state index < -0.39 is 32.5 Å². The van der Waals surface area contributed by atoms with E-state index in [0.717, 1.165) is 83.5 Å². The Morgan fingerprint density at radius 3 is 1.54 bits per heavy atom. The third-order valence-corrected chi connectivity index (χ3v) is 9.11. The number of nitrogens with two attached hydrogens (primary N) is 1. The van der Waals surface area contributed by atoms with Crippen molar-refractivity contribution in [2.24, 2.45) is 5.73 Å². The zero-order valence-electron chi connectivity index (χ0n) is 32.8. The first-order chi connectivity index (χ1) is 25.3. The topological polar surface area (TPSA) is 134 Å². The fraction of sp³-hybridized carbons (Fsp3) is 0.714. The molecule has 9 nitrogen and oxygen atoms in total. The highest BCUT2D eigenvalue weighted by Crippen LogP contribution is 2.43. The third kappa shape index (κ3) is 37.5. The minimum absolute atomic E-state index is 0.0449. The number of allylic oxidation sites excluding steroid dienone is 10. The van der Waals surface area contributed by atoms with Crippen LogP contribution in [0.4, 0.5) is 0 Å². The molecule has 0 bridgehead atoms. The number of rotatable bonds is 37. The summed E-state index contributed by atoms with van der Waals surface area (Å²) in [6, 6.07) is 0. The maximum atomic E-state index is 12.5. The first kappa shape index (κ1) is 49.7. The Bertz CT molecular complexity index is 1040. The minimum atomic E-state index is -4.38. The van der Waals surface area contributed by atoms with Crippen LogP contribution in [0.25, 0.3) is 0 Å². The van der Waals surface area contributed by atoms with Gasteiger partial charge in [0.15, 0.2) is 6.10 Å². The monoisotopic (exact) mass is 752 g/mol. The Morgan fingerprint density at radius 1 is 0.577 bits per heavy atom. The molecule has 0 saturated carbocycles. The van der Waals surface area contributed by atoms with Gasteiger partial charge in [0.05, 0.1) is 13.2 Å². The average Bonchev–Trinajstić information content (AvgIpc) is 3.13. The molecule has 0 amide bonds. The fourth-order valence-corrected chi connectivity index (χ4v) is 5.83. The number of unbranched alkanes of at least 4 members (excludes halogenated alkanes) is 14. The summed E-state index contributed by atoms with van der Waals surface area (Å²) in [5.41, 5.74) is 5.33. The number of phosphoric ester groups is 1. The molecule has 0 saturated heterocycles. The second-order valence-electron chi connectivity index (χ2n) is 13.1. The molecule has 3 N–H and O–H groups in total. The van der Waals surface area contributed by atoms with E-state index in [0.29, 0.717) is 12.8 Å². The van der Waals surface area contributed by atoms with Gasteiger partial charge in [-0.15, -0.1) is 0 Å². The van der Waals surface area contributed by atoms with Gasteiger partial charge in [-0.05, 0) is 77.0 Å². The summed E-state index contributed by atoms with van der Waals surface area (Å²) in [7, 11) is -4.38. The lowest BCUT2D eigenvalue weighted by Crippen LogP contribution is -2.29. The van der Waals surface area contributed by atoms with Crippen LogP contribution in [0.2, 0.25) is 0 Å². The molecule has 0 heterocycles. The van der Waals surface area contributed by atoms with Crippen LogP contribution < -0.4 is 5.73 Å². The van der Waals surface area contributed by atoms with Gasteiger partial charge >= 0.3 is 19.8 Å². The van der Waals surface area contributed by atoms with E-state index in [4.69, 9.17) is 24.3 Å². The van der Waals surface area contributed by atoms with Crippen LogP contribution in [0.5, 0.6) is 0 Å². The third-order valence-electron chi connectivity index (χ3n) is 8.13. The molecule has 0 aromatic heterocycles. The summed E-state index contributed by atoms with van der Waals surface area (Å²) in [6.45, 7) is 3.60. The van der Waals surface area contributed by atoms with Gasteiger partial charge < -0.3 is 20.1 Å². The van der Waals surface area contributed by atoms with Crippen molar-refractivity contribution in [3.05, 3.63) is 60.8 Å². The van der Waals surface area contributed by atoms with Gasteiger partial charge in [-0.1, -0.05) is 132 Å². The molecule has 0 aliphatic heterocycles. The summed E-state index contributed by atoms with van der Waals surface area (Å²) in [5, 5.41) is 0. The predicted octanol–water partition coefficient (Wildman–Crippen LogP) is 11.3. The molecule has 0 rings (SSSR count). The van der Waals surface area contributed by atoms with Gasteiger partial charge in [-0.3, -0.25) is 18.6 Å². The molecule has 0 aromatic carbocycles. The molecule has 10 heteroatoms.